The summed E-state index contributed by atoms with van der Waals surface area (Å²) in [7, 11) is -0.363. The molecule has 0 radical (unpaired) electrons. The molecule has 1 aliphatic carbocycles. The summed E-state index contributed by atoms with van der Waals surface area (Å²) in [6.45, 7) is 12.8. The second-order valence-corrected chi connectivity index (χ2v) is 7.94. The van der Waals surface area contributed by atoms with E-state index in [2.05, 4.69) is 41.5 Å². The van der Waals surface area contributed by atoms with E-state index in [1.807, 2.05) is 0 Å². The minimum atomic E-state index is -0.486. The maximum atomic E-state index is 6.16. The molecule has 0 bridgehead atoms. The first-order valence-corrected chi connectivity index (χ1v) is 8.81. The SMILES string of the molecule is CCC(C)(OCOC1CCCCC1)B1OC(C)(C)C(C)(C)O1. The average Bonchev–Trinajstić information content (AvgIpc) is 2.69. The van der Waals surface area contributed by atoms with Crippen LogP contribution in [0.5, 0.6) is 0 Å². The maximum Gasteiger partial charge on any atom is 0.492 e. The molecule has 0 aromatic carbocycles. The van der Waals surface area contributed by atoms with Crippen LogP contribution in [0.3, 0.4) is 0 Å². The lowest BCUT2D eigenvalue weighted by Gasteiger charge is -2.32. The zero-order valence-electron chi connectivity index (χ0n) is 15.2. The Balaban J connectivity index is 1.88. The molecule has 1 unspecified atom stereocenters. The van der Waals surface area contributed by atoms with Crippen LogP contribution >= 0.6 is 0 Å². The normalized spacial score (nSPS) is 27.8. The molecule has 2 aliphatic rings. The highest BCUT2D eigenvalue weighted by atomic mass is 16.7. The largest absolute Gasteiger partial charge is 0.492 e. The third kappa shape index (κ3) is 3.86. The Labute approximate surface area is 136 Å². The van der Waals surface area contributed by atoms with E-state index in [0.717, 1.165) is 19.3 Å². The first-order chi connectivity index (χ1) is 10.2. The zero-order valence-corrected chi connectivity index (χ0v) is 15.2. The van der Waals surface area contributed by atoms with Crippen LogP contribution in [-0.4, -0.2) is 36.7 Å². The van der Waals surface area contributed by atoms with E-state index in [0.29, 0.717) is 12.9 Å². The highest BCUT2D eigenvalue weighted by molar-refractivity contribution is 6.49. The third-order valence-electron chi connectivity index (χ3n) is 5.70. The van der Waals surface area contributed by atoms with Gasteiger partial charge in [-0.05, 0) is 53.9 Å². The summed E-state index contributed by atoms with van der Waals surface area (Å²) in [5, 5.41) is 0. The van der Waals surface area contributed by atoms with E-state index in [1.165, 1.54) is 19.3 Å². The fourth-order valence-corrected chi connectivity index (χ4v) is 2.93. The van der Waals surface area contributed by atoms with Crippen molar-refractivity contribution in [1.29, 1.82) is 0 Å². The quantitative estimate of drug-likeness (QED) is 0.546. The van der Waals surface area contributed by atoms with E-state index in [1.54, 1.807) is 0 Å². The molecule has 0 aromatic heterocycles. The van der Waals surface area contributed by atoms with E-state index >= 15 is 0 Å². The Hall–Kier alpha value is -0.0951. The van der Waals surface area contributed by atoms with Gasteiger partial charge in [0.1, 0.15) is 12.3 Å². The fourth-order valence-electron chi connectivity index (χ4n) is 2.93. The number of hydrogen-bond donors (Lipinski definition) is 0. The standard InChI is InChI=1S/C17H33BO4/c1-7-17(6,18-21-15(2,3)16(4,5)22-18)20-13-19-14-11-9-8-10-12-14/h14H,7-13H2,1-6H3. The molecule has 0 spiro atoms. The Kier molecular flexibility index (Phi) is 5.64. The molecule has 5 heteroatoms. The van der Waals surface area contributed by atoms with Gasteiger partial charge in [0.2, 0.25) is 0 Å². The second kappa shape index (κ2) is 6.80. The molecule has 0 N–H and O–H groups in total. The molecule has 1 saturated carbocycles. The van der Waals surface area contributed by atoms with Gasteiger partial charge in [0.05, 0.1) is 17.3 Å². The summed E-state index contributed by atoms with van der Waals surface area (Å²) >= 11 is 0. The Morgan fingerprint density at radius 1 is 1.05 bits per heavy atom. The lowest BCUT2D eigenvalue weighted by molar-refractivity contribution is -0.143. The monoisotopic (exact) mass is 312 g/mol. The van der Waals surface area contributed by atoms with Crippen LogP contribution in [0.2, 0.25) is 0 Å². The van der Waals surface area contributed by atoms with Gasteiger partial charge in [0.15, 0.2) is 0 Å². The summed E-state index contributed by atoms with van der Waals surface area (Å²) in [5.74, 6) is 0. The van der Waals surface area contributed by atoms with Gasteiger partial charge in [-0.15, -0.1) is 0 Å². The number of ether oxygens (including phenoxy) is 2. The topological polar surface area (TPSA) is 36.9 Å². The van der Waals surface area contributed by atoms with Gasteiger partial charge in [0.25, 0.3) is 0 Å². The minimum absolute atomic E-state index is 0.319. The predicted octanol–water partition coefficient (Wildman–Crippen LogP) is 4.11. The van der Waals surface area contributed by atoms with E-state index in [9.17, 15) is 0 Å². The first kappa shape index (κ1) is 18.2. The van der Waals surface area contributed by atoms with Crippen LogP contribution in [-0.2, 0) is 18.8 Å². The summed E-state index contributed by atoms with van der Waals surface area (Å²) in [5.41, 5.74) is -1.15. The van der Waals surface area contributed by atoms with Gasteiger partial charge in [-0.3, -0.25) is 0 Å². The highest BCUT2D eigenvalue weighted by Crippen LogP contribution is 2.41. The van der Waals surface area contributed by atoms with Crippen LogP contribution in [0, 0.1) is 0 Å². The van der Waals surface area contributed by atoms with Crippen molar-refractivity contribution in [3.05, 3.63) is 0 Å². The summed E-state index contributed by atoms with van der Waals surface area (Å²) in [4.78, 5) is 0. The molecule has 4 nitrogen and oxygen atoms in total. The minimum Gasteiger partial charge on any atom is -0.401 e. The molecular weight excluding hydrogens is 279 g/mol. The maximum absolute atomic E-state index is 6.16. The molecule has 1 heterocycles. The number of rotatable bonds is 6. The van der Waals surface area contributed by atoms with E-state index in [4.69, 9.17) is 18.8 Å². The van der Waals surface area contributed by atoms with Crippen molar-refractivity contribution in [2.24, 2.45) is 0 Å². The lowest BCUT2D eigenvalue weighted by Crippen LogP contribution is -2.48. The smallest absolute Gasteiger partial charge is 0.401 e. The molecule has 0 aromatic rings. The molecule has 0 amide bonds. The van der Waals surface area contributed by atoms with Gasteiger partial charge in [0, 0.05) is 0 Å². The Bertz CT molecular complexity index is 350. The van der Waals surface area contributed by atoms with Crippen molar-refractivity contribution in [3.8, 4) is 0 Å². The molecule has 22 heavy (non-hydrogen) atoms. The first-order valence-electron chi connectivity index (χ1n) is 8.81. The van der Waals surface area contributed by atoms with Crippen LogP contribution in [0.15, 0.2) is 0 Å². The lowest BCUT2D eigenvalue weighted by atomic mass is 9.66. The molecular formula is C17H33BO4. The Morgan fingerprint density at radius 3 is 2.09 bits per heavy atom. The second-order valence-electron chi connectivity index (χ2n) is 7.94. The average molecular weight is 312 g/mol. The molecule has 1 aliphatic heterocycles. The summed E-state index contributed by atoms with van der Waals surface area (Å²) in [6.07, 6.45) is 7.36. The molecule has 1 saturated heterocycles. The molecule has 2 fully saturated rings. The molecule has 1 atom stereocenters. The van der Waals surface area contributed by atoms with Crippen LogP contribution in [0.25, 0.3) is 0 Å². The zero-order chi connectivity index (χ0) is 16.4. The van der Waals surface area contributed by atoms with Crippen molar-refractivity contribution >= 4 is 7.12 Å². The van der Waals surface area contributed by atoms with Crippen molar-refractivity contribution in [2.75, 3.05) is 6.79 Å². The predicted molar refractivity (Wildman–Crippen MR) is 88.7 cm³/mol. The van der Waals surface area contributed by atoms with Crippen molar-refractivity contribution < 1.29 is 18.8 Å². The van der Waals surface area contributed by atoms with Crippen LogP contribution < -0.4 is 0 Å². The Morgan fingerprint density at radius 2 is 1.59 bits per heavy atom. The molecule has 128 valence electrons. The van der Waals surface area contributed by atoms with Gasteiger partial charge < -0.3 is 18.8 Å². The van der Waals surface area contributed by atoms with Gasteiger partial charge >= 0.3 is 7.12 Å². The number of hydrogen-bond acceptors (Lipinski definition) is 4. The van der Waals surface area contributed by atoms with Crippen molar-refractivity contribution in [3.63, 3.8) is 0 Å². The van der Waals surface area contributed by atoms with E-state index < -0.39 is 5.50 Å². The highest BCUT2D eigenvalue weighted by Gasteiger charge is 2.58. The van der Waals surface area contributed by atoms with Gasteiger partial charge in [-0.1, -0.05) is 26.2 Å². The van der Waals surface area contributed by atoms with Crippen molar-refractivity contribution in [1.82, 2.24) is 0 Å². The fraction of sp³-hybridized carbons (Fsp3) is 1.00. The van der Waals surface area contributed by atoms with E-state index in [-0.39, 0.29) is 18.3 Å². The van der Waals surface area contributed by atoms with Crippen molar-refractivity contribution in [2.45, 2.75) is 103 Å². The summed E-state index contributed by atoms with van der Waals surface area (Å²) < 4.78 is 24.3. The molecule has 2 rings (SSSR count). The van der Waals surface area contributed by atoms with Crippen LogP contribution in [0.4, 0.5) is 0 Å². The van der Waals surface area contributed by atoms with Gasteiger partial charge in [-0.2, -0.15) is 0 Å². The third-order valence-corrected chi connectivity index (χ3v) is 5.70. The van der Waals surface area contributed by atoms with Crippen LogP contribution in [0.1, 0.15) is 80.1 Å². The summed E-state index contributed by atoms with van der Waals surface area (Å²) in [6, 6.07) is 0. The van der Waals surface area contributed by atoms with Gasteiger partial charge in [-0.25, -0.2) is 0 Å².